The van der Waals surface area contributed by atoms with Crippen molar-refractivity contribution in [1.29, 1.82) is 0 Å². The Balaban J connectivity index is 1.90. The van der Waals surface area contributed by atoms with Crippen LogP contribution in [0.5, 0.6) is 0 Å². The molecule has 4 aromatic rings. The quantitative estimate of drug-likeness (QED) is 0.536. The minimum absolute atomic E-state index is 0.0104. The number of aryl methyl sites for hydroxylation is 1. The fourth-order valence-electron chi connectivity index (χ4n) is 2.51. The molecule has 0 atom stereocenters. The molecule has 4 heterocycles. The third-order valence-corrected chi connectivity index (χ3v) is 4.93. The molecule has 26 heavy (non-hydrogen) atoms. The number of halogens is 3. The highest BCUT2D eigenvalue weighted by atomic mass is 32.1. The second-order valence-corrected chi connectivity index (χ2v) is 6.34. The molecule has 0 bridgehead atoms. The van der Waals surface area contributed by atoms with E-state index in [-0.39, 0.29) is 11.5 Å². The van der Waals surface area contributed by atoms with E-state index in [1.807, 2.05) is 5.10 Å². The number of fused-ring (bicyclic) bond motifs is 3. The average Bonchev–Trinajstić information content (AvgIpc) is 3.29. The first-order valence-electron chi connectivity index (χ1n) is 7.15. The monoisotopic (exact) mass is 382 g/mol. The van der Waals surface area contributed by atoms with Crippen LogP contribution in [-0.2, 0) is 10.9 Å². The molecule has 0 spiro atoms. The molecule has 4 aromatic heterocycles. The van der Waals surface area contributed by atoms with Gasteiger partial charge in [0.05, 0.1) is 12.5 Å². The summed E-state index contributed by atoms with van der Waals surface area (Å²) in [5.74, 6) is -0.484. The normalized spacial score (nSPS) is 12.2. The van der Waals surface area contributed by atoms with E-state index >= 15 is 0 Å². The number of aromatic amines is 1. The predicted octanol–water partition coefficient (Wildman–Crippen LogP) is 2.84. The second kappa shape index (κ2) is 5.49. The van der Waals surface area contributed by atoms with Gasteiger partial charge in [-0.1, -0.05) is 0 Å². The summed E-state index contributed by atoms with van der Waals surface area (Å²) in [4.78, 5) is 21.3. The second-order valence-electron chi connectivity index (χ2n) is 5.34. The summed E-state index contributed by atoms with van der Waals surface area (Å²) < 4.78 is 44.3. The lowest BCUT2D eigenvalue weighted by atomic mass is 10.2. The molecule has 0 radical (unpaired) electrons. The number of carbonyl (C=O) groups excluding carboxylic acids is 1. The van der Waals surface area contributed by atoms with E-state index in [1.165, 1.54) is 18.0 Å². The zero-order valence-electron chi connectivity index (χ0n) is 13.2. The summed E-state index contributed by atoms with van der Waals surface area (Å²) in [5, 5.41) is 10.3. The summed E-state index contributed by atoms with van der Waals surface area (Å²) in [6.45, 7) is 1.72. The Labute approximate surface area is 146 Å². The van der Waals surface area contributed by atoms with Crippen LogP contribution in [0.3, 0.4) is 0 Å². The van der Waals surface area contributed by atoms with Gasteiger partial charge in [0.15, 0.2) is 5.65 Å². The molecule has 0 aliphatic carbocycles. The van der Waals surface area contributed by atoms with Crippen LogP contribution in [0.1, 0.15) is 20.9 Å². The van der Waals surface area contributed by atoms with Gasteiger partial charge in [0, 0.05) is 0 Å². The number of rotatable bonds is 2. The zero-order valence-corrected chi connectivity index (χ0v) is 14.1. The van der Waals surface area contributed by atoms with E-state index in [4.69, 9.17) is 4.74 Å². The van der Waals surface area contributed by atoms with Crippen LogP contribution >= 0.6 is 11.3 Å². The van der Waals surface area contributed by atoms with Crippen molar-refractivity contribution in [3.05, 3.63) is 28.5 Å². The molecule has 0 fully saturated rings. The molecule has 0 aromatic carbocycles. The van der Waals surface area contributed by atoms with Gasteiger partial charge in [-0.25, -0.2) is 19.3 Å². The predicted molar refractivity (Wildman–Crippen MR) is 84.8 cm³/mol. The molecule has 0 amide bonds. The highest BCUT2D eigenvalue weighted by molar-refractivity contribution is 7.20. The van der Waals surface area contributed by atoms with Gasteiger partial charge >= 0.3 is 12.1 Å². The SMILES string of the molecule is COC(=O)c1sc2ncn3nc(-c4cc(C(F)(F)F)[nH]n4)nc3c2c1C. The van der Waals surface area contributed by atoms with Crippen LogP contribution in [0, 0.1) is 6.92 Å². The highest BCUT2D eigenvalue weighted by Crippen LogP contribution is 2.33. The van der Waals surface area contributed by atoms with Crippen molar-refractivity contribution in [3.63, 3.8) is 0 Å². The number of hydrogen-bond acceptors (Lipinski definition) is 7. The van der Waals surface area contributed by atoms with E-state index in [2.05, 4.69) is 20.2 Å². The van der Waals surface area contributed by atoms with Crippen LogP contribution in [-0.4, -0.2) is 42.9 Å². The Morgan fingerprint density at radius 3 is 2.81 bits per heavy atom. The summed E-state index contributed by atoms with van der Waals surface area (Å²) >= 11 is 1.15. The van der Waals surface area contributed by atoms with E-state index in [0.717, 1.165) is 17.4 Å². The van der Waals surface area contributed by atoms with Crippen molar-refractivity contribution in [2.24, 2.45) is 0 Å². The minimum Gasteiger partial charge on any atom is -0.465 e. The van der Waals surface area contributed by atoms with E-state index in [1.54, 1.807) is 6.92 Å². The van der Waals surface area contributed by atoms with Crippen LogP contribution in [0.15, 0.2) is 12.4 Å². The van der Waals surface area contributed by atoms with Crippen molar-refractivity contribution in [3.8, 4) is 11.5 Å². The van der Waals surface area contributed by atoms with Gasteiger partial charge in [0.2, 0.25) is 5.82 Å². The van der Waals surface area contributed by atoms with Gasteiger partial charge in [-0.05, 0) is 18.6 Å². The van der Waals surface area contributed by atoms with Crippen LogP contribution < -0.4 is 0 Å². The molecular weight excluding hydrogens is 373 g/mol. The molecule has 8 nitrogen and oxygen atoms in total. The Morgan fingerprint density at radius 2 is 2.15 bits per heavy atom. The fourth-order valence-corrected chi connectivity index (χ4v) is 3.57. The molecule has 0 saturated carbocycles. The third-order valence-electron chi connectivity index (χ3n) is 3.75. The number of aromatic nitrogens is 6. The number of hydrogen-bond donors (Lipinski definition) is 1. The summed E-state index contributed by atoms with van der Waals surface area (Å²) in [6, 6.07) is 0.833. The van der Waals surface area contributed by atoms with Crippen LogP contribution in [0.2, 0.25) is 0 Å². The van der Waals surface area contributed by atoms with Crippen molar-refractivity contribution in [2.45, 2.75) is 13.1 Å². The van der Waals surface area contributed by atoms with Crippen molar-refractivity contribution >= 4 is 33.2 Å². The van der Waals surface area contributed by atoms with E-state index in [0.29, 0.717) is 26.3 Å². The topological polar surface area (TPSA) is 98.1 Å². The lowest BCUT2D eigenvalue weighted by Gasteiger charge is -1.99. The van der Waals surface area contributed by atoms with Crippen LogP contribution in [0.25, 0.3) is 27.4 Å². The third kappa shape index (κ3) is 2.41. The minimum atomic E-state index is -4.54. The first-order valence-corrected chi connectivity index (χ1v) is 7.97. The van der Waals surface area contributed by atoms with Crippen molar-refractivity contribution < 1.29 is 22.7 Å². The van der Waals surface area contributed by atoms with E-state index in [9.17, 15) is 18.0 Å². The number of carbonyl (C=O) groups is 1. The maximum Gasteiger partial charge on any atom is 0.432 e. The van der Waals surface area contributed by atoms with Gasteiger partial charge in [0.1, 0.15) is 27.4 Å². The number of methoxy groups -OCH3 is 1. The summed E-state index contributed by atoms with van der Waals surface area (Å²) in [6.07, 6.45) is -3.17. The van der Waals surface area contributed by atoms with E-state index < -0.39 is 17.8 Å². The Hall–Kier alpha value is -3.02. The largest absolute Gasteiger partial charge is 0.465 e. The standard InChI is InChI=1S/C14H9F3N6O2S/c1-5-8-11-19-10(6-3-7(21-20-6)14(15,16)17)22-23(11)4-18-12(8)26-9(5)13(24)25-2/h3-4H,1-2H3,(H,20,21). The Morgan fingerprint density at radius 1 is 1.38 bits per heavy atom. The molecule has 1 N–H and O–H groups in total. The fraction of sp³-hybridized carbons (Fsp3) is 0.214. The van der Waals surface area contributed by atoms with Crippen LogP contribution in [0.4, 0.5) is 13.2 Å². The smallest absolute Gasteiger partial charge is 0.432 e. The average molecular weight is 382 g/mol. The van der Waals surface area contributed by atoms with Crippen molar-refractivity contribution in [2.75, 3.05) is 7.11 Å². The number of thiophene rings is 1. The molecule has 134 valence electrons. The maximum atomic E-state index is 12.7. The molecule has 0 aliphatic rings. The Bertz CT molecular complexity index is 1160. The summed E-state index contributed by atoms with van der Waals surface area (Å²) in [5.41, 5.74) is -0.0538. The number of nitrogens with one attached hydrogen (secondary N) is 1. The van der Waals surface area contributed by atoms with Crippen molar-refractivity contribution in [1.82, 2.24) is 29.8 Å². The van der Waals surface area contributed by atoms with Gasteiger partial charge < -0.3 is 4.74 Å². The molecule has 0 aliphatic heterocycles. The van der Waals surface area contributed by atoms with Gasteiger partial charge in [-0.15, -0.1) is 16.4 Å². The highest BCUT2D eigenvalue weighted by Gasteiger charge is 2.33. The first kappa shape index (κ1) is 16.4. The lowest BCUT2D eigenvalue weighted by molar-refractivity contribution is -0.141. The zero-order chi connectivity index (χ0) is 18.6. The number of ether oxygens (including phenoxy) is 1. The molecule has 12 heteroatoms. The number of nitrogens with zero attached hydrogens (tertiary/aromatic N) is 5. The Kier molecular flexibility index (Phi) is 3.47. The van der Waals surface area contributed by atoms with Gasteiger partial charge in [-0.3, -0.25) is 5.10 Å². The number of alkyl halides is 3. The van der Waals surface area contributed by atoms with Gasteiger partial charge in [0.25, 0.3) is 0 Å². The molecular formula is C14H9F3N6O2S. The molecule has 0 saturated heterocycles. The lowest BCUT2D eigenvalue weighted by Crippen LogP contribution is -2.04. The molecule has 4 rings (SSSR count). The first-order chi connectivity index (χ1) is 12.3. The maximum absolute atomic E-state index is 12.7. The molecule has 0 unspecified atom stereocenters. The summed E-state index contributed by atoms with van der Waals surface area (Å²) in [7, 11) is 1.28. The number of H-pyrrole nitrogens is 1. The van der Waals surface area contributed by atoms with Gasteiger partial charge in [-0.2, -0.15) is 18.3 Å². The number of esters is 1.